The van der Waals surface area contributed by atoms with Crippen LogP contribution in [0.25, 0.3) is 35.5 Å². The van der Waals surface area contributed by atoms with Gasteiger partial charge in [0.1, 0.15) is 0 Å². The predicted molar refractivity (Wildman–Crippen MR) is 261 cm³/mol. The number of rotatable bonds is 22. The summed E-state index contributed by atoms with van der Waals surface area (Å²) in [4.78, 5) is 13.5. The molecule has 0 fully saturated rings. The van der Waals surface area contributed by atoms with Gasteiger partial charge in [-0.25, -0.2) is 0 Å². The summed E-state index contributed by atoms with van der Waals surface area (Å²) in [7, 11) is 0. The van der Waals surface area contributed by atoms with Gasteiger partial charge in [0.25, 0.3) is 0 Å². The number of pyridine rings is 2. The Morgan fingerprint density at radius 2 is 0.600 bits per heavy atom. The Morgan fingerprint density at radius 3 is 0.867 bits per heavy atom. The van der Waals surface area contributed by atoms with Crippen LogP contribution in [0.5, 0.6) is 0 Å². The summed E-state index contributed by atoms with van der Waals surface area (Å²) in [5.74, 6) is 0. The Balaban J connectivity index is 1.50. The van der Waals surface area contributed by atoms with Gasteiger partial charge in [0, 0.05) is 62.3 Å². The lowest BCUT2D eigenvalue weighted by molar-refractivity contribution is 0.678. The highest BCUT2D eigenvalue weighted by Gasteiger charge is 2.18. The third-order valence-corrected chi connectivity index (χ3v) is 11.2. The molecule has 0 aliphatic heterocycles. The van der Waals surface area contributed by atoms with E-state index in [1.165, 1.54) is 96.1 Å². The van der Waals surface area contributed by atoms with E-state index in [4.69, 9.17) is 0 Å². The molecule has 2 heterocycles. The number of nitrogens with zero attached hydrogens (tertiary/aromatic N) is 4. The first-order chi connectivity index (χ1) is 29.6. The molecule has 0 aliphatic carbocycles. The fourth-order valence-electron chi connectivity index (χ4n) is 7.58. The molecule has 6 rings (SSSR count). The molecule has 60 heavy (non-hydrogen) atoms. The molecule has 6 aromatic rings. The number of benzene rings is 4. The van der Waals surface area contributed by atoms with Crippen molar-refractivity contribution in [2.24, 2.45) is 0 Å². The highest BCUT2D eigenvalue weighted by molar-refractivity contribution is 6.05. The molecule has 0 spiro atoms. The van der Waals surface area contributed by atoms with Crippen LogP contribution >= 0.6 is 0 Å². The number of hydrogen-bond acceptors (Lipinski definition) is 4. The molecule has 2 aromatic heterocycles. The average Bonchev–Trinajstić information content (AvgIpc) is 3.31. The van der Waals surface area contributed by atoms with Gasteiger partial charge in [0.2, 0.25) is 0 Å². The number of hydrogen-bond donors (Lipinski definition) is 0. The van der Waals surface area contributed by atoms with Crippen molar-refractivity contribution in [3.63, 3.8) is 0 Å². The number of unbranched alkanes of at least 4 members (excludes halogenated alkanes) is 4. The molecule has 0 N–H and O–H groups in total. The average molecular weight is 793 g/mol. The maximum atomic E-state index is 4.18. The van der Waals surface area contributed by atoms with E-state index >= 15 is 0 Å². The normalized spacial score (nSPS) is 11.3. The van der Waals surface area contributed by atoms with E-state index in [9.17, 15) is 0 Å². The minimum absolute atomic E-state index is 1.09. The predicted octanol–water partition coefficient (Wildman–Crippen LogP) is 14.6. The van der Waals surface area contributed by atoms with E-state index in [0.717, 1.165) is 48.4 Å². The smallest absolute Gasteiger partial charge is 0.0366 e. The van der Waals surface area contributed by atoms with Gasteiger partial charge in [0.05, 0.1) is 0 Å². The fourth-order valence-corrected chi connectivity index (χ4v) is 7.58. The molecule has 0 saturated carbocycles. The Hall–Kier alpha value is -6.00. The van der Waals surface area contributed by atoms with Crippen molar-refractivity contribution in [2.45, 2.75) is 79.1 Å². The van der Waals surface area contributed by atoms with E-state index in [0.29, 0.717) is 0 Å². The van der Waals surface area contributed by atoms with Crippen molar-refractivity contribution >= 4 is 46.8 Å². The molecular formula is C56H64N4. The standard InChI is InChI=1S/C56H64N4/c1-5-9-41-59(42-10-6-2)53-29-25-51(26-30-53)56(52-27-31-54(32-28-52)60(43-11-7-3)44-12-8-4)55(49-21-17-45(18-22-49)13-15-47-33-37-57-38-34-47)50-23-19-46(20-24-50)14-16-48-35-39-58-40-36-48/h13-40H,5-12,41-44H2,1-4H3/b15-13+,16-14+. The van der Waals surface area contributed by atoms with Crippen LogP contribution in [0.15, 0.2) is 146 Å². The van der Waals surface area contributed by atoms with Crippen molar-refractivity contribution in [3.8, 4) is 0 Å². The van der Waals surface area contributed by atoms with Gasteiger partial charge in [-0.2, -0.15) is 0 Å². The van der Waals surface area contributed by atoms with Gasteiger partial charge in [-0.3, -0.25) is 9.97 Å². The highest BCUT2D eigenvalue weighted by Crippen LogP contribution is 2.39. The Kier molecular flexibility index (Phi) is 17.1. The summed E-state index contributed by atoms with van der Waals surface area (Å²) in [6.45, 7) is 13.5. The summed E-state index contributed by atoms with van der Waals surface area (Å²) >= 11 is 0. The summed E-state index contributed by atoms with van der Waals surface area (Å²) in [6, 6.07) is 45.1. The monoisotopic (exact) mass is 793 g/mol. The zero-order valence-electron chi connectivity index (χ0n) is 36.4. The summed E-state index contributed by atoms with van der Waals surface area (Å²) in [5, 5.41) is 0. The lowest BCUT2D eigenvalue weighted by Gasteiger charge is -2.26. The molecule has 4 nitrogen and oxygen atoms in total. The van der Waals surface area contributed by atoms with Crippen LogP contribution in [0.3, 0.4) is 0 Å². The topological polar surface area (TPSA) is 32.3 Å². The van der Waals surface area contributed by atoms with Crippen LogP contribution in [0, 0.1) is 0 Å². The second-order valence-corrected chi connectivity index (χ2v) is 15.7. The van der Waals surface area contributed by atoms with Crippen molar-refractivity contribution in [3.05, 3.63) is 191 Å². The molecule has 0 aliphatic rings. The Morgan fingerprint density at radius 1 is 0.350 bits per heavy atom. The Bertz CT molecular complexity index is 2040. The van der Waals surface area contributed by atoms with Crippen LogP contribution in [0.2, 0.25) is 0 Å². The van der Waals surface area contributed by atoms with Gasteiger partial charge in [0.15, 0.2) is 0 Å². The molecule has 0 radical (unpaired) electrons. The van der Waals surface area contributed by atoms with Crippen molar-refractivity contribution in [1.82, 2.24) is 9.97 Å². The molecule has 0 amide bonds. The maximum Gasteiger partial charge on any atom is 0.0366 e. The van der Waals surface area contributed by atoms with Crippen LogP contribution in [0.1, 0.15) is 124 Å². The van der Waals surface area contributed by atoms with Crippen LogP contribution in [0.4, 0.5) is 11.4 Å². The summed E-state index contributed by atoms with van der Waals surface area (Å²) in [6.07, 6.45) is 25.5. The van der Waals surface area contributed by atoms with Gasteiger partial charge < -0.3 is 9.80 Å². The second kappa shape index (κ2) is 23.6. The fraction of sp³-hybridized carbons (Fsp3) is 0.286. The largest absolute Gasteiger partial charge is 0.372 e. The van der Waals surface area contributed by atoms with E-state index in [1.807, 2.05) is 49.1 Å². The molecule has 308 valence electrons. The van der Waals surface area contributed by atoms with Gasteiger partial charge >= 0.3 is 0 Å². The number of aromatic nitrogens is 2. The van der Waals surface area contributed by atoms with Gasteiger partial charge in [-0.15, -0.1) is 0 Å². The van der Waals surface area contributed by atoms with Gasteiger partial charge in [-0.05, 0) is 130 Å². The minimum Gasteiger partial charge on any atom is -0.372 e. The highest BCUT2D eigenvalue weighted by atomic mass is 15.1. The van der Waals surface area contributed by atoms with E-state index in [1.54, 1.807) is 0 Å². The van der Waals surface area contributed by atoms with Crippen LogP contribution in [-0.4, -0.2) is 36.1 Å². The lowest BCUT2D eigenvalue weighted by atomic mass is 9.85. The third kappa shape index (κ3) is 12.5. The molecular weight excluding hydrogens is 729 g/mol. The van der Waals surface area contributed by atoms with Crippen molar-refractivity contribution < 1.29 is 0 Å². The maximum absolute atomic E-state index is 4.18. The first-order valence-corrected chi connectivity index (χ1v) is 22.4. The lowest BCUT2D eigenvalue weighted by Crippen LogP contribution is -2.25. The zero-order chi connectivity index (χ0) is 41.8. The first-order valence-electron chi connectivity index (χ1n) is 22.4. The van der Waals surface area contributed by atoms with Crippen molar-refractivity contribution in [2.75, 3.05) is 36.0 Å². The molecule has 0 atom stereocenters. The second-order valence-electron chi connectivity index (χ2n) is 15.7. The summed E-state index contributed by atoms with van der Waals surface area (Å²) in [5.41, 5.74) is 14.4. The molecule has 4 aromatic carbocycles. The number of anilines is 2. The van der Waals surface area contributed by atoms with Crippen LogP contribution in [-0.2, 0) is 0 Å². The molecule has 4 heteroatoms. The first kappa shape index (κ1) is 43.6. The SMILES string of the molecule is CCCCN(CCCC)c1ccc(C(=C(c2ccc(/C=C/c3ccncc3)cc2)c2ccc(/C=C/c3ccncc3)cc2)c2ccc(N(CCCC)CCCC)cc2)cc1. The third-order valence-electron chi connectivity index (χ3n) is 11.2. The van der Waals surface area contributed by atoms with E-state index in [-0.39, 0.29) is 0 Å². The minimum atomic E-state index is 1.09. The van der Waals surface area contributed by atoms with E-state index < -0.39 is 0 Å². The molecule has 0 saturated heterocycles. The van der Waals surface area contributed by atoms with Crippen LogP contribution < -0.4 is 9.80 Å². The zero-order valence-corrected chi connectivity index (χ0v) is 36.4. The Labute approximate surface area is 361 Å². The summed E-state index contributed by atoms with van der Waals surface area (Å²) < 4.78 is 0. The molecule has 0 bridgehead atoms. The van der Waals surface area contributed by atoms with Gasteiger partial charge in [-0.1, -0.05) is 150 Å². The molecule has 0 unspecified atom stereocenters. The van der Waals surface area contributed by atoms with E-state index in [2.05, 4.69) is 169 Å². The quantitative estimate of drug-likeness (QED) is 0.0641. The van der Waals surface area contributed by atoms with Crippen molar-refractivity contribution in [1.29, 1.82) is 0 Å².